The van der Waals surface area contributed by atoms with Crippen LogP contribution in [0.15, 0.2) is 24.4 Å². The number of aromatic nitrogens is 1. The summed E-state index contributed by atoms with van der Waals surface area (Å²) in [4.78, 5) is 9.53. The molecule has 0 bridgehead atoms. The number of likely N-dealkylation sites (tertiary alicyclic amines) is 2. The van der Waals surface area contributed by atoms with Crippen molar-refractivity contribution in [1.29, 1.82) is 0 Å². The standard InChI is InChI=1S/C20H31N3O2/c1-2-9-21-17(5-1)15-23-12-8-20-19(23)7-6-18(25-20)16-24-14-13-22-10-3-4-11-22/h1-2,5,9,18-20H,3-4,6-8,10-16H2/t18-,19+,20+/m1/s1. The topological polar surface area (TPSA) is 37.8 Å². The van der Waals surface area contributed by atoms with E-state index in [0.717, 1.165) is 51.4 Å². The van der Waals surface area contributed by atoms with E-state index >= 15 is 0 Å². The molecule has 3 fully saturated rings. The van der Waals surface area contributed by atoms with Crippen molar-refractivity contribution in [2.75, 3.05) is 39.4 Å². The number of ether oxygens (including phenoxy) is 2. The minimum atomic E-state index is 0.287. The Morgan fingerprint density at radius 3 is 2.88 bits per heavy atom. The lowest BCUT2D eigenvalue weighted by molar-refractivity contribution is -0.101. The Bertz CT molecular complexity index is 521. The highest BCUT2D eigenvalue weighted by Crippen LogP contribution is 2.32. The Hall–Kier alpha value is -1.01. The Balaban J connectivity index is 1.18. The molecule has 0 amide bonds. The molecular weight excluding hydrogens is 314 g/mol. The first-order chi connectivity index (χ1) is 12.4. The minimum absolute atomic E-state index is 0.287. The van der Waals surface area contributed by atoms with Gasteiger partial charge >= 0.3 is 0 Å². The number of rotatable bonds is 7. The zero-order valence-corrected chi connectivity index (χ0v) is 15.2. The number of fused-ring (bicyclic) bond motifs is 1. The predicted molar refractivity (Wildman–Crippen MR) is 97.4 cm³/mol. The average Bonchev–Trinajstić information content (AvgIpc) is 3.30. The molecule has 0 saturated carbocycles. The molecule has 1 aromatic rings. The van der Waals surface area contributed by atoms with Crippen molar-refractivity contribution < 1.29 is 9.47 Å². The van der Waals surface area contributed by atoms with Gasteiger partial charge in [0.15, 0.2) is 0 Å². The molecule has 3 aliphatic rings. The van der Waals surface area contributed by atoms with Crippen molar-refractivity contribution in [2.45, 2.75) is 56.9 Å². The van der Waals surface area contributed by atoms with Gasteiger partial charge in [-0.25, -0.2) is 0 Å². The molecular formula is C20H31N3O2. The van der Waals surface area contributed by atoms with Crippen molar-refractivity contribution >= 4 is 0 Å². The summed E-state index contributed by atoms with van der Waals surface area (Å²) in [7, 11) is 0. The molecule has 5 heteroatoms. The van der Waals surface area contributed by atoms with Gasteiger partial charge in [-0.2, -0.15) is 0 Å². The fraction of sp³-hybridized carbons (Fsp3) is 0.750. The molecule has 138 valence electrons. The molecule has 0 unspecified atom stereocenters. The fourth-order valence-electron chi connectivity index (χ4n) is 4.52. The molecule has 1 aromatic heterocycles. The van der Waals surface area contributed by atoms with Gasteiger partial charge in [0.05, 0.1) is 31.1 Å². The van der Waals surface area contributed by atoms with Gasteiger partial charge in [-0.15, -0.1) is 0 Å². The van der Waals surface area contributed by atoms with E-state index < -0.39 is 0 Å². The molecule has 3 atom stereocenters. The van der Waals surface area contributed by atoms with E-state index in [1.165, 1.54) is 32.4 Å². The summed E-state index contributed by atoms with van der Waals surface area (Å²) in [6.45, 7) is 7.25. The molecule has 0 aliphatic carbocycles. The third-order valence-corrected chi connectivity index (χ3v) is 5.90. The van der Waals surface area contributed by atoms with Crippen molar-refractivity contribution in [3.8, 4) is 0 Å². The van der Waals surface area contributed by atoms with Crippen molar-refractivity contribution in [3.63, 3.8) is 0 Å². The summed E-state index contributed by atoms with van der Waals surface area (Å²) in [5, 5.41) is 0. The van der Waals surface area contributed by atoms with E-state index in [9.17, 15) is 0 Å². The van der Waals surface area contributed by atoms with E-state index in [2.05, 4.69) is 26.9 Å². The Kier molecular flexibility index (Phi) is 5.98. The molecule has 5 nitrogen and oxygen atoms in total. The second-order valence-corrected chi connectivity index (χ2v) is 7.65. The van der Waals surface area contributed by atoms with Crippen LogP contribution in [0, 0.1) is 0 Å². The molecule has 4 heterocycles. The summed E-state index contributed by atoms with van der Waals surface area (Å²) < 4.78 is 12.3. The van der Waals surface area contributed by atoms with Crippen LogP contribution in [0.25, 0.3) is 0 Å². The van der Waals surface area contributed by atoms with Crippen LogP contribution in [0.1, 0.15) is 37.8 Å². The summed E-state index contributed by atoms with van der Waals surface area (Å²) >= 11 is 0. The number of hydrogen-bond acceptors (Lipinski definition) is 5. The number of pyridine rings is 1. The third-order valence-electron chi connectivity index (χ3n) is 5.90. The highest BCUT2D eigenvalue weighted by molar-refractivity contribution is 5.05. The van der Waals surface area contributed by atoms with Crippen molar-refractivity contribution in [3.05, 3.63) is 30.1 Å². The number of nitrogens with zero attached hydrogens (tertiary/aromatic N) is 3. The van der Waals surface area contributed by atoms with Crippen LogP contribution < -0.4 is 0 Å². The molecule has 0 radical (unpaired) electrons. The molecule has 3 aliphatic heterocycles. The van der Waals surface area contributed by atoms with Crippen LogP contribution in [0.4, 0.5) is 0 Å². The number of hydrogen-bond donors (Lipinski definition) is 0. The molecule has 3 saturated heterocycles. The second-order valence-electron chi connectivity index (χ2n) is 7.65. The summed E-state index contributed by atoms with van der Waals surface area (Å²) in [5.74, 6) is 0. The van der Waals surface area contributed by atoms with Crippen LogP contribution in [-0.4, -0.2) is 72.4 Å². The lowest BCUT2D eigenvalue weighted by Crippen LogP contribution is -2.43. The van der Waals surface area contributed by atoms with Gasteiger partial charge in [-0.1, -0.05) is 6.07 Å². The lowest BCUT2D eigenvalue weighted by Gasteiger charge is -2.36. The van der Waals surface area contributed by atoms with Crippen LogP contribution in [0.3, 0.4) is 0 Å². The van der Waals surface area contributed by atoms with Gasteiger partial charge < -0.3 is 14.4 Å². The van der Waals surface area contributed by atoms with E-state index in [1.807, 2.05) is 12.3 Å². The van der Waals surface area contributed by atoms with Crippen molar-refractivity contribution in [1.82, 2.24) is 14.8 Å². The maximum Gasteiger partial charge on any atom is 0.0813 e. The van der Waals surface area contributed by atoms with Gasteiger partial charge in [0.25, 0.3) is 0 Å². The maximum absolute atomic E-state index is 6.35. The van der Waals surface area contributed by atoms with Gasteiger partial charge in [0.1, 0.15) is 0 Å². The van der Waals surface area contributed by atoms with Crippen LogP contribution in [0.2, 0.25) is 0 Å². The second kappa shape index (κ2) is 8.58. The zero-order valence-electron chi connectivity index (χ0n) is 15.2. The van der Waals surface area contributed by atoms with Gasteiger partial charge in [0, 0.05) is 31.9 Å². The first-order valence-corrected chi connectivity index (χ1v) is 9.98. The average molecular weight is 345 g/mol. The fourth-order valence-corrected chi connectivity index (χ4v) is 4.52. The van der Waals surface area contributed by atoms with E-state index in [1.54, 1.807) is 0 Å². The van der Waals surface area contributed by atoms with E-state index in [0.29, 0.717) is 12.1 Å². The summed E-state index contributed by atoms with van der Waals surface area (Å²) in [6, 6.07) is 6.73. The normalized spacial score (nSPS) is 30.6. The molecule has 25 heavy (non-hydrogen) atoms. The molecule has 0 aromatic carbocycles. The summed E-state index contributed by atoms with van der Waals surface area (Å²) in [6.07, 6.45) is 8.73. The van der Waals surface area contributed by atoms with Crippen molar-refractivity contribution in [2.24, 2.45) is 0 Å². The molecule has 4 rings (SSSR count). The lowest BCUT2D eigenvalue weighted by atomic mass is 9.99. The zero-order chi connectivity index (χ0) is 16.9. The first kappa shape index (κ1) is 17.4. The van der Waals surface area contributed by atoms with Gasteiger partial charge in [-0.05, 0) is 57.3 Å². The van der Waals surface area contributed by atoms with Crippen LogP contribution >= 0.6 is 0 Å². The molecule has 0 N–H and O–H groups in total. The van der Waals surface area contributed by atoms with Crippen LogP contribution in [0.5, 0.6) is 0 Å². The Labute approximate surface area is 151 Å². The highest BCUT2D eigenvalue weighted by atomic mass is 16.5. The van der Waals surface area contributed by atoms with Gasteiger partial charge in [-0.3, -0.25) is 9.88 Å². The SMILES string of the molecule is c1ccc(CN2CC[C@@H]3O[C@@H](COCCN4CCCC4)CC[C@@H]32)nc1. The first-order valence-electron chi connectivity index (χ1n) is 9.98. The summed E-state index contributed by atoms with van der Waals surface area (Å²) in [5.41, 5.74) is 1.16. The quantitative estimate of drug-likeness (QED) is 0.709. The Morgan fingerprint density at radius 1 is 1.12 bits per heavy atom. The van der Waals surface area contributed by atoms with Gasteiger partial charge in [0.2, 0.25) is 0 Å². The smallest absolute Gasteiger partial charge is 0.0813 e. The Morgan fingerprint density at radius 2 is 2.04 bits per heavy atom. The predicted octanol–water partition coefficient (Wildman–Crippen LogP) is 2.32. The third kappa shape index (κ3) is 4.59. The highest BCUT2D eigenvalue weighted by Gasteiger charge is 2.39. The van der Waals surface area contributed by atoms with E-state index in [4.69, 9.17) is 9.47 Å². The maximum atomic E-state index is 6.35. The minimum Gasteiger partial charge on any atom is -0.377 e. The largest absolute Gasteiger partial charge is 0.377 e. The monoisotopic (exact) mass is 345 g/mol. The molecule has 0 spiro atoms. The van der Waals surface area contributed by atoms with E-state index in [-0.39, 0.29) is 6.10 Å². The van der Waals surface area contributed by atoms with Crippen LogP contribution in [-0.2, 0) is 16.0 Å².